The van der Waals surface area contributed by atoms with Crippen molar-refractivity contribution in [2.24, 2.45) is 0 Å². The van der Waals surface area contributed by atoms with Gasteiger partial charge in [0, 0.05) is 19.0 Å². The van der Waals surface area contributed by atoms with E-state index in [0.717, 1.165) is 29.3 Å². The Morgan fingerprint density at radius 1 is 1.56 bits per heavy atom. The van der Waals surface area contributed by atoms with Crippen molar-refractivity contribution < 1.29 is 4.74 Å². The van der Waals surface area contributed by atoms with Crippen LogP contribution in [0, 0.1) is 0 Å². The predicted molar refractivity (Wildman–Crippen MR) is 63.5 cm³/mol. The van der Waals surface area contributed by atoms with Crippen LogP contribution < -0.4 is 0 Å². The molecule has 2 rings (SSSR count). The number of nitrogens with zero attached hydrogens (tertiary/aromatic N) is 3. The molecule has 5 nitrogen and oxygen atoms in total. The number of fused-ring (bicyclic) bond motifs is 1. The van der Waals surface area contributed by atoms with E-state index in [1.807, 2.05) is 0 Å². The van der Waals surface area contributed by atoms with Crippen molar-refractivity contribution in [3.05, 3.63) is 12.5 Å². The fourth-order valence-electron chi connectivity index (χ4n) is 1.33. The molecule has 0 spiro atoms. The van der Waals surface area contributed by atoms with Gasteiger partial charge in [0.2, 0.25) is 0 Å². The lowest BCUT2D eigenvalue weighted by Gasteiger charge is -2.07. The van der Waals surface area contributed by atoms with Crippen LogP contribution in [0.25, 0.3) is 11.2 Å². The Balaban J connectivity index is 2.03. The first kappa shape index (κ1) is 11.3. The van der Waals surface area contributed by atoms with Crippen LogP contribution in [0.3, 0.4) is 0 Å². The quantitative estimate of drug-likeness (QED) is 0.806. The van der Waals surface area contributed by atoms with Crippen LogP contribution in [0.2, 0.25) is 0 Å². The molecular weight excluding hydrogens is 224 g/mol. The van der Waals surface area contributed by atoms with Crippen LogP contribution in [0.1, 0.15) is 13.3 Å². The fourth-order valence-corrected chi connectivity index (χ4v) is 2.23. The average Bonchev–Trinajstić information content (AvgIpc) is 2.68. The molecule has 0 aromatic carbocycles. The second kappa shape index (κ2) is 5.27. The summed E-state index contributed by atoms with van der Waals surface area (Å²) in [5.41, 5.74) is 1.60. The molecule has 0 aliphatic carbocycles. The number of nitrogens with one attached hydrogen (secondary N) is 1. The molecule has 2 heterocycles. The molecule has 16 heavy (non-hydrogen) atoms. The maximum atomic E-state index is 5.04. The van der Waals surface area contributed by atoms with E-state index >= 15 is 0 Å². The fraction of sp³-hybridized carbons (Fsp3) is 0.500. The minimum atomic E-state index is 0.466. The van der Waals surface area contributed by atoms with Gasteiger partial charge in [0.15, 0.2) is 10.8 Å². The maximum Gasteiger partial charge on any atom is 0.181 e. The third-order valence-electron chi connectivity index (χ3n) is 2.18. The molecule has 2 aromatic heterocycles. The van der Waals surface area contributed by atoms with Gasteiger partial charge in [-0.15, -0.1) is 0 Å². The Hall–Kier alpha value is -1.14. The van der Waals surface area contributed by atoms with Gasteiger partial charge in [-0.3, -0.25) is 0 Å². The average molecular weight is 238 g/mol. The van der Waals surface area contributed by atoms with Crippen LogP contribution in [0.15, 0.2) is 17.7 Å². The molecular formula is C10H14N4OS. The van der Waals surface area contributed by atoms with Crippen molar-refractivity contribution >= 4 is 22.9 Å². The molecule has 86 valence electrons. The lowest BCUT2D eigenvalue weighted by molar-refractivity contribution is 0.195. The second-order valence-electron chi connectivity index (χ2n) is 3.51. The summed E-state index contributed by atoms with van der Waals surface area (Å²) in [6.45, 7) is 2.93. The number of H-pyrrole nitrogens is 1. The zero-order valence-electron chi connectivity index (χ0n) is 9.30. The van der Waals surface area contributed by atoms with Gasteiger partial charge in [0.05, 0.1) is 6.20 Å². The molecule has 0 fully saturated rings. The highest BCUT2D eigenvalue weighted by Crippen LogP contribution is 2.23. The molecule has 1 atom stereocenters. The highest BCUT2D eigenvalue weighted by atomic mass is 32.2. The highest BCUT2D eigenvalue weighted by Gasteiger charge is 2.08. The minimum Gasteiger partial charge on any atom is -0.385 e. The van der Waals surface area contributed by atoms with E-state index in [2.05, 4.69) is 26.9 Å². The summed E-state index contributed by atoms with van der Waals surface area (Å²) < 4.78 is 5.04. The number of ether oxygens (including phenoxy) is 1. The van der Waals surface area contributed by atoms with Crippen LogP contribution >= 0.6 is 11.8 Å². The van der Waals surface area contributed by atoms with E-state index in [1.54, 1.807) is 25.1 Å². The Morgan fingerprint density at radius 3 is 3.19 bits per heavy atom. The molecule has 0 saturated heterocycles. The Kier molecular flexibility index (Phi) is 3.74. The number of aromatic nitrogens is 4. The zero-order chi connectivity index (χ0) is 11.4. The van der Waals surface area contributed by atoms with Gasteiger partial charge in [-0.25, -0.2) is 15.0 Å². The number of aromatic amines is 1. The lowest BCUT2D eigenvalue weighted by Crippen LogP contribution is -2.01. The van der Waals surface area contributed by atoms with E-state index in [0.29, 0.717) is 5.25 Å². The van der Waals surface area contributed by atoms with E-state index in [1.165, 1.54) is 6.33 Å². The number of thioether (sulfide) groups is 1. The van der Waals surface area contributed by atoms with Crippen molar-refractivity contribution in [1.29, 1.82) is 0 Å². The third-order valence-corrected chi connectivity index (χ3v) is 3.24. The molecule has 1 N–H and O–H groups in total. The molecule has 0 bridgehead atoms. The van der Waals surface area contributed by atoms with Gasteiger partial charge < -0.3 is 9.72 Å². The van der Waals surface area contributed by atoms with Crippen LogP contribution in [-0.2, 0) is 4.74 Å². The summed E-state index contributed by atoms with van der Waals surface area (Å²) >= 11 is 1.69. The van der Waals surface area contributed by atoms with E-state index in [9.17, 15) is 0 Å². The molecule has 0 aliphatic rings. The number of rotatable bonds is 5. The number of methoxy groups -OCH3 is 1. The van der Waals surface area contributed by atoms with Crippen LogP contribution in [-0.4, -0.2) is 38.9 Å². The van der Waals surface area contributed by atoms with Crippen LogP contribution in [0.4, 0.5) is 0 Å². The van der Waals surface area contributed by atoms with Crippen molar-refractivity contribution in [1.82, 2.24) is 19.9 Å². The molecule has 1 unspecified atom stereocenters. The Morgan fingerprint density at radius 2 is 2.44 bits per heavy atom. The molecule has 0 amide bonds. The van der Waals surface area contributed by atoms with Crippen molar-refractivity contribution in [2.45, 2.75) is 23.8 Å². The molecule has 0 aliphatic heterocycles. The summed E-state index contributed by atoms with van der Waals surface area (Å²) in [7, 11) is 1.72. The van der Waals surface area contributed by atoms with Gasteiger partial charge >= 0.3 is 0 Å². The smallest absolute Gasteiger partial charge is 0.181 e. The highest BCUT2D eigenvalue weighted by molar-refractivity contribution is 7.99. The monoisotopic (exact) mass is 238 g/mol. The first-order valence-electron chi connectivity index (χ1n) is 5.11. The van der Waals surface area contributed by atoms with E-state index in [4.69, 9.17) is 4.74 Å². The summed E-state index contributed by atoms with van der Waals surface area (Å²) in [5.74, 6) is 0. The van der Waals surface area contributed by atoms with Crippen LogP contribution in [0.5, 0.6) is 0 Å². The summed E-state index contributed by atoms with van der Waals surface area (Å²) in [6, 6.07) is 0. The standard InChI is InChI=1S/C10H14N4OS/c1-7(3-4-15-2)16-10-13-8-5-11-6-12-9(8)14-10/h5-7H,3-4H2,1-2H3,(H,11,12,13,14). The third kappa shape index (κ3) is 2.70. The molecule has 2 aromatic rings. The summed E-state index contributed by atoms with van der Waals surface area (Å²) in [6.07, 6.45) is 4.25. The molecule has 0 radical (unpaired) electrons. The first-order chi connectivity index (χ1) is 7.79. The van der Waals surface area contributed by atoms with Crippen molar-refractivity contribution in [2.75, 3.05) is 13.7 Å². The zero-order valence-corrected chi connectivity index (χ0v) is 10.1. The topological polar surface area (TPSA) is 63.7 Å². The minimum absolute atomic E-state index is 0.466. The number of imidazole rings is 1. The normalized spacial score (nSPS) is 13.1. The van der Waals surface area contributed by atoms with Gasteiger partial charge in [-0.1, -0.05) is 18.7 Å². The first-order valence-corrected chi connectivity index (χ1v) is 5.99. The van der Waals surface area contributed by atoms with Crippen molar-refractivity contribution in [3.63, 3.8) is 0 Å². The van der Waals surface area contributed by atoms with E-state index < -0.39 is 0 Å². The number of hydrogen-bond acceptors (Lipinski definition) is 5. The second-order valence-corrected chi connectivity index (χ2v) is 4.94. The molecule has 6 heteroatoms. The van der Waals surface area contributed by atoms with Gasteiger partial charge in [-0.05, 0) is 6.42 Å². The van der Waals surface area contributed by atoms with Gasteiger partial charge in [-0.2, -0.15) is 0 Å². The maximum absolute atomic E-state index is 5.04. The SMILES string of the molecule is COCCC(C)Sc1nc2ncncc2[nH]1. The summed E-state index contributed by atoms with van der Waals surface area (Å²) in [4.78, 5) is 15.6. The van der Waals surface area contributed by atoms with E-state index in [-0.39, 0.29) is 0 Å². The Labute approximate surface area is 98.0 Å². The number of hydrogen-bond donors (Lipinski definition) is 1. The van der Waals surface area contributed by atoms with Crippen molar-refractivity contribution in [3.8, 4) is 0 Å². The largest absolute Gasteiger partial charge is 0.385 e. The van der Waals surface area contributed by atoms with Gasteiger partial charge in [0.25, 0.3) is 0 Å². The van der Waals surface area contributed by atoms with Gasteiger partial charge in [0.1, 0.15) is 11.8 Å². The predicted octanol–water partition coefficient (Wildman–Crippen LogP) is 1.87. The lowest BCUT2D eigenvalue weighted by atomic mass is 10.3. The molecule has 0 saturated carbocycles. The Bertz CT molecular complexity index is 426. The summed E-state index contributed by atoms with van der Waals surface area (Å²) in [5, 5.41) is 1.35.